The van der Waals surface area contributed by atoms with Crippen LogP contribution >= 0.6 is 11.3 Å². The largest absolute Gasteiger partial charge is 0.320 e. The highest BCUT2D eigenvalue weighted by Crippen LogP contribution is 2.08. The van der Waals surface area contributed by atoms with E-state index in [1.165, 1.54) is 10.6 Å². The molecule has 2 N–H and O–H groups in total. The number of nitrogens with two attached hydrogens (primary N) is 1. The van der Waals surface area contributed by atoms with Crippen molar-refractivity contribution < 1.29 is 0 Å². The summed E-state index contributed by atoms with van der Waals surface area (Å²) in [5.41, 5.74) is 1.27. The second-order valence-corrected chi connectivity index (χ2v) is 3.58. The quantitative estimate of drug-likeness (QED) is 0.496. The average Bonchev–Trinajstić information content (AvgIpc) is 2.28. The van der Waals surface area contributed by atoms with Crippen LogP contribution in [0.1, 0.15) is 17.5 Å². The number of aryl methyl sites for hydroxylation is 1. The van der Waals surface area contributed by atoms with E-state index >= 15 is 0 Å². The standard InChI is InChI=1S/C7H13N3S/c1-4-10-5(2)6(3)11-7(10)9-8/h4,8H2,1-3H3/b9-7-. The van der Waals surface area contributed by atoms with Crippen LogP contribution in [-0.2, 0) is 6.54 Å². The first-order valence-electron chi connectivity index (χ1n) is 3.61. The molecule has 0 aromatic carbocycles. The SMILES string of the molecule is CCn1c(C)c(C)s/c1=N\N. The second-order valence-electron chi connectivity index (χ2n) is 2.40. The normalized spacial score (nSPS) is 12.5. The number of hydrogen-bond acceptors (Lipinski definition) is 3. The summed E-state index contributed by atoms with van der Waals surface area (Å²) in [4.78, 5) is 2.19. The van der Waals surface area contributed by atoms with Gasteiger partial charge >= 0.3 is 0 Å². The van der Waals surface area contributed by atoms with Crippen molar-refractivity contribution in [1.29, 1.82) is 0 Å². The predicted molar refractivity (Wildman–Crippen MR) is 47.2 cm³/mol. The van der Waals surface area contributed by atoms with Crippen LogP contribution in [0, 0.1) is 13.8 Å². The third kappa shape index (κ3) is 1.30. The van der Waals surface area contributed by atoms with Gasteiger partial charge in [-0.25, -0.2) is 0 Å². The van der Waals surface area contributed by atoms with Crippen LogP contribution in [0.5, 0.6) is 0 Å². The number of nitrogens with zero attached hydrogens (tertiary/aromatic N) is 2. The van der Waals surface area contributed by atoms with E-state index in [-0.39, 0.29) is 0 Å². The lowest BCUT2D eigenvalue weighted by Gasteiger charge is -1.99. The third-order valence-electron chi connectivity index (χ3n) is 1.82. The highest BCUT2D eigenvalue weighted by atomic mass is 32.1. The zero-order valence-corrected chi connectivity index (χ0v) is 7.90. The van der Waals surface area contributed by atoms with Crippen molar-refractivity contribution in [1.82, 2.24) is 4.57 Å². The van der Waals surface area contributed by atoms with Gasteiger partial charge in [0.2, 0.25) is 4.80 Å². The Morgan fingerprint density at radius 2 is 2.18 bits per heavy atom. The smallest absolute Gasteiger partial charge is 0.207 e. The van der Waals surface area contributed by atoms with Crippen molar-refractivity contribution in [3.8, 4) is 0 Å². The van der Waals surface area contributed by atoms with Gasteiger partial charge in [0.05, 0.1) is 0 Å². The Hall–Kier alpha value is -0.770. The Balaban J connectivity index is 3.39. The van der Waals surface area contributed by atoms with Gasteiger partial charge in [-0.15, -0.1) is 11.3 Å². The molecular formula is C7H13N3S. The van der Waals surface area contributed by atoms with Crippen molar-refractivity contribution in [2.24, 2.45) is 10.9 Å². The van der Waals surface area contributed by atoms with Crippen molar-refractivity contribution >= 4 is 11.3 Å². The van der Waals surface area contributed by atoms with E-state index in [4.69, 9.17) is 5.84 Å². The van der Waals surface area contributed by atoms with Gasteiger partial charge in [-0.1, -0.05) is 0 Å². The number of aromatic nitrogens is 1. The highest BCUT2D eigenvalue weighted by molar-refractivity contribution is 7.09. The maximum absolute atomic E-state index is 5.22. The summed E-state index contributed by atoms with van der Waals surface area (Å²) in [7, 11) is 0. The molecule has 0 aliphatic heterocycles. The van der Waals surface area contributed by atoms with E-state index < -0.39 is 0 Å². The number of thiazole rings is 1. The van der Waals surface area contributed by atoms with Crippen LogP contribution in [0.3, 0.4) is 0 Å². The molecule has 0 atom stereocenters. The van der Waals surface area contributed by atoms with Gasteiger partial charge in [-0.05, 0) is 20.8 Å². The molecule has 1 heterocycles. The topological polar surface area (TPSA) is 43.3 Å². The van der Waals surface area contributed by atoms with Crippen LogP contribution in [0.4, 0.5) is 0 Å². The Bertz CT molecular complexity index is 308. The molecule has 0 amide bonds. The molecule has 62 valence electrons. The molecule has 4 heteroatoms. The van der Waals surface area contributed by atoms with Crippen molar-refractivity contribution in [3.63, 3.8) is 0 Å². The maximum atomic E-state index is 5.22. The van der Waals surface area contributed by atoms with Crippen LogP contribution < -0.4 is 10.6 Å². The van der Waals surface area contributed by atoms with Crippen molar-refractivity contribution in [2.45, 2.75) is 27.3 Å². The fraction of sp³-hybridized carbons (Fsp3) is 0.571. The highest BCUT2D eigenvalue weighted by Gasteiger charge is 2.02. The Morgan fingerprint density at radius 1 is 1.55 bits per heavy atom. The van der Waals surface area contributed by atoms with Crippen LogP contribution in [-0.4, -0.2) is 4.57 Å². The minimum absolute atomic E-state index is 0.905. The molecule has 0 fully saturated rings. The third-order valence-corrected chi connectivity index (χ3v) is 2.93. The Morgan fingerprint density at radius 3 is 2.55 bits per heavy atom. The molecule has 0 aliphatic carbocycles. The monoisotopic (exact) mass is 171 g/mol. The zero-order chi connectivity index (χ0) is 8.43. The lowest BCUT2D eigenvalue weighted by Crippen LogP contribution is -2.16. The van der Waals surface area contributed by atoms with E-state index in [1.54, 1.807) is 11.3 Å². The Kier molecular flexibility index (Phi) is 2.34. The van der Waals surface area contributed by atoms with Gasteiger partial charge in [0.25, 0.3) is 0 Å². The van der Waals surface area contributed by atoms with E-state index in [0.29, 0.717) is 0 Å². The predicted octanol–water partition coefficient (Wildman–Crippen LogP) is 0.961. The molecular weight excluding hydrogens is 158 g/mol. The molecule has 0 bridgehead atoms. The zero-order valence-electron chi connectivity index (χ0n) is 7.09. The molecule has 1 aromatic rings. The molecule has 0 unspecified atom stereocenters. The van der Waals surface area contributed by atoms with Gasteiger partial charge in [0, 0.05) is 17.1 Å². The second kappa shape index (κ2) is 3.09. The van der Waals surface area contributed by atoms with E-state index in [9.17, 15) is 0 Å². The van der Waals surface area contributed by atoms with Crippen molar-refractivity contribution in [3.05, 3.63) is 15.4 Å². The van der Waals surface area contributed by atoms with E-state index in [1.807, 2.05) is 0 Å². The summed E-state index contributed by atoms with van der Waals surface area (Å²) in [6, 6.07) is 0. The first-order valence-corrected chi connectivity index (χ1v) is 4.43. The van der Waals surface area contributed by atoms with Crippen LogP contribution in [0.15, 0.2) is 5.10 Å². The van der Waals surface area contributed by atoms with Gasteiger partial charge in [0.15, 0.2) is 0 Å². The fourth-order valence-corrected chi connectivity index (χ4v) is 2.03. The summed E-state index contributed by atoms with van der Waals surface area (Å²) in [6.07, 6.45) is 0. The molecule has 0 saturated heterocycles. The number of hydrogen-bond donors (Lipinski definition) is 1. The number of rotatable bonds is 1. The minimum Gasteiger partial charge on any atom is -0.320 e. The maximum Gasteiger partial charge on any atom is 0.207 e. The van der Waals surface area contributed by atoms with Crippen LogP contribution in [0.2, 0.25) is 0 Å². The minimum atomic E-state index is 0.905. The molecule has 11 heavy (non-hydrogen) atoms. The molecule has 1 aromatic heterocycles. The summed E-state index contributed by atoms with van der Waals surface area (Å²) in [5, 5.41) is 3.70. The van der Waals surface area contributed by atoms with Crippen LogP contribution in [0.25, 0.3) is 0 Å². The molecule has 0 radical (unpaired) electrons. The first kappa shape index (κ1) is 8.33. The first-order chi connectivity index (χ1) is 5.20. The van der Waals surface area contributed by atoms with Crippen molar-refractivity contribution in [2.75, 3.05) is 0 Å². The van der Waals surface area contributed by atoms with Gasteiger partial charge in [-0.3, -0.25) is 0 Å². The molecule has 0 aliphatic rings. The Labute approximate surface area is 70.2 Å². The average molecular weight is 171 g/mol. The van der Waals surface area contributed by atoms with E-state index in [2.05, 4.69) is 30.4 Å². The van der Waals surface area contributed by atoms with E-state index in [0.717, 1.165) is 11.3 Å². The summed E-state index contributed by atoms with van der Waals surface area (Å²) >= 11 is 1.64. The molecule has 3 nitrogen and oxygen atoms in total. The summed E-state index contributed by atoms with van der Waals surface area (Å²) < 4.78 is 2.11. The lowest BCUT2D eigenvalue weighted by atomic mass is 10.4. The molecule has 1 rings (SSSR count). The molecule has 0 saturated carbocycles. The summed E-state index contributed by atoms with van der Waals surface area (Å²) in [5.74, 6) is 5.22. The van der Waals surface area contributed by atoms with Gasteiger partial charge in [0.1, 0.15) is 0 Å². The molecule has 0 spiro atoms. The fourth-order valence-electron chi connectivity index (χ4n) is 1.07. The lowest BCUT2D eigenvalue weighted by molar-refractivity contribution is 0.702. The van der Waals surface area contributed by atoms with Gasteiger partial charge in [-0.2, -0.15) is 5.10 Å². The van der Waals surface area contributed by atoms with Gasteiger partial charge < -0.3 is 10.4 Å². The summed E-state index contributed by atoms with van der Waals surface area (Å²) in [6.45, 7) is 7.20.